The maximum atomic E-state index is 12.9. The van der Waals surface area contributed by atoms with E-state index in [1.807, 2.05) is 36.1 Å². The van der Waals surface area contributed by atoms with Crippen LogP contribution in [0.25, 0.3) is 0 Å². The Hall–Kier alpha value is -2.08. The average molecular weight is 389 g/mol. The van der Waals surface area contributed by atoms with Crippen molar-refractivity contribution < 1.29 is 23.8 Å². The van der Waals surface area contributed by atoms with Crippen molar-refractivity contribution in [3.63, 3.8) is 0 Å². The van der Waals surface area contributed by atoms with Gasteiger partial charge >= 0.3 is 5.97 Å². The lowest BCUT2D eigenvalue weighted by atomic mass is 9.73. The van der Waals surface area contributed by atoms with E-state index in [-0.39, 0.29) is 17.8 Å². The number of hydrogen-bond acceptors (Lipinski definition) is 5. The Balaban J connectivity index is 1.69. The molecule has 3 rings (SSSR count). The molecule has 2 aliphatic heterocycles. The minimum Gasteiger partial charge on any atom is -0.497 e. The number of nitrogens with zero attached hydrogens (tertiary/aromatic N) is 1. The number of methoxy groups -OCH3 is 1. The number of carbonyl (C=O) groups excluding carboxylic acids is 2. The molecule has 2 saturated heterocycles. The average Bonchev–Trinajstić information content (AvgIpc) is 2.75. The Kier molecular flexibility index (Phi) is 6.94. The van der Waals surface area contributed by atoms with Gasteiger partial charge in [0.05, 0.1) is 19.1 Å². The van der Waals surface area contributed by atoms with Crippen molar-refractivity contribution in [1.82, 2.24) is 4.90 Å². The second-order valence-corrected chi connectivity index (χ2v) is 7.74. The lowest BCUT2D eigenvalue weighted by Gasteiger charge is -2.41. The van der Waals surface area contributed by atoms with Gasteiger partial charge in [-0.25, -0.2) is 0 Å². The fraction of sp³-hybridized carbons (Fsp3) is 0.636. The Bertz CT molecular complexity index is 658. The van der Waals surface area contributed by atoms with Crippen LogP contribution in [0.5, 0.6) is 5.75 Å². The summed E-state index contributed by atoms with van der Waals surface area (Å²) in [4.78, 5) is 27.6. The molecule has 154 valence electrons. The molecule has 0 saturated carbocycles. The largest absolute Gasteiger partial charge is 0.497 e. The normalized spacial score (nSPS) is 19.9. The number of carbonyl (C=O) groups is 2. The number of likely N-dealkylation sites (tertiary alicyclic amines) is 1. The summed E-state index contributed by atoms with van der Waals surface area (Å²) in [6.45, 7) is 4.73. The quantitative estimate of drug-likeness (QED) is 0.700. The van der Waals surface area contributed by atoms with E-state index in [0.717, 1.165) is 24.2 Å². The minimum absolute atomic E-state index is 0.0606. The fourth-order valence-electron chi connectivity index (χ4n) is 4.23. The molecule has 0 aliphatic carbocycles. The summed E-state index contributed by atoms with van der Waals surface area (Å²) in [7, 11) is 1.64. The van der Waals surface area contributed by atoms with Crippen molar-refractivity contribution in [3.8, 4) is 5.75 Å². The number of ether oxygens (including phenoxy) is 3. The third-order valence-electron chi connectivity index (χ3n) is 6.01. The molecule has 6 nitrogen and oxygen atoms in total. The highest BCUT2D eigenvalue weighted by atomic mass is 16.5. The number of esters is 1. The van der Waals surface area contributed by atoms with E-state index in [2.05, 4.69) is 0 Å². The summed E-state index contributed by atoms with van der Waals surface area (Å²) in [5.41, 5.74) is 0.509. The van der Waals surface area contributed by atoms with Gasteiger partial charge in [-0.3, -0.25) is 9.59 Å². The highest BCUT2D eigenvalue weighted by Crippen LogP contribution is 2.37. The zero-order valence-electron chi connectivity index (χ0n) is 16.9. The van der Waals surface area contributed by atoms with Crippen LogP contribution in [-0.2, 0) is 25.5 Å². The predicted octanol–water partition coefficient (Wildman–Crippen LogP) is 2.84. The summed E-state index contributed by atoms with van der Waals surface area (Å²) < 4.78 is 16.0. The van der Waals surface area contributed by atoms with E-state index >= 15 is 0 Å². The molecule has 0 N–H and O–H groups in total. The van der Waals surface area contributed by atoms with Crippen LogP contribution in [0, 0.1) is 11.3 Å². The third kappa shape index (κ3) is 4.66. The number of amides is 1. The topological polar surface area (TPSA) is 65.1 Å². The first-order chi connectivity index (χ1) is 13.6. The van der Waals surface area contributed by atoms with Gasteiger partial charge in [0.15, 0.2) is 0 Å². The molecule has 6 heteroatoms. The van der Waals surface area contributed by atoms with E-state index in [0.29, 0.717) is 52.2 Å². The molecule has 1 aromatic carbocycles. The Labute approximate surface area is 167 Å². The van der Waals surface area contributed by atoms with Crippen LogP contribution in [-0.4, -0.2) is 56.8 Å². The molecule has 0 radical (unpaired) electrons. The molecule has 1 aromatic rings. The van der Waals surface area contributed by atoms with Crippen molar-refractivity contribution in [3.05, 3.63) is 29.8 Å². The lowest BCUT2D eigenvalue weighted by Crippen LogP contribution is -2.50. The number of rotatable bonds is 6. The van der Waals surface area contributed by atoms with E-state index in [1.165, 1.54) is 0 Å². The first kappa shape index (κ1) is 20.6. The van der Waals surface area contributed by atoms with Crippen LogP contribution in [0.1, 0.15) is 38.2 Å². The maximum Gasteiger partial charge on any atom is 0.312 e. The monoisotopic (exact) mass is 389 g/mol. The van der Waals surface area contributed by atoms with Crippen LogP contribution >= 0.6 is 0 Å². The zero-order chi connectivity index (χ0) is 20.0. The summed E-state index contributed by atoms with van der Waals surface area (Å²) in [5, 5.41) is 0. The Morgan fingerprint density at radius 1 is 1.14 bits per heavy atom. The Morgan fingerprint density at radius 3 is 2.36 bits per heavy atom. The molecule has 2 aliphatic rings. The summed E-state index contributed by atoms with van der Waals surface area (Å²) >= 11 is 0. The maximum absolute atomic E-state index is 12.9. The number of hydrogen-bond donors (Lipinski definition) is 0. The predicted molar refractivity (Wildman–Crippen MR) is 105 cm³/mol. The third-order valence-corrected chi connectivity index (χ3v) is 6.01. The molecule has 0 atom stereocenters. The molecule has 0 unspecified atom stereocenters. The fourth-order valence-corrected chi connectivity index (χ4v) is 4.23. The van der Waals surface area contributed by atoms with Gasteiger partial charge in [0.2, 0.25) is 5.91 Å². The summed E-state index contributed by atoms with van der Waals surface area (Å²) in [5.74, 6) is 0.922. The highest BCUT2D eigenvalue weighted by molar-refractivity contribution is 5.81. The summed E-state index contributed by atoms with van der Waals surface area (Å²) in [6, 6.07) is 7.83. The number of piperidine rings is 1. The molecule has 1 amide bonds. The van der Waals surface area contributed by atoms with Gasteiger partial charge in [-0.1, -0.05) is 12.1 Å². The van der Waals surface area contributed by atoms with Crippen LogP contribution in [0.15, 0.2) is 24.3 Å². The van der Waals surface area contributed by atoms with Gasteiger partial charge in [-0.2, -0.15) is 0 Å². The Morgan fingerprint density at radius 2 is 1.79 bits per heavy atom. The van der Waals surface area contributed by atoms with Crippen molar-refractivity contribution in [1.29, 1.82) is 0 Å². The van der Waals surface area contributed by atoms with E-state index in [1.54, 1.807) is 7.11 Å². The molecule has 0 bridgehead atoms. The van der Waals surface area contributed by atoms with Crippen molar-refractivity contribution in [2.24, 2.45) is 11.3 Å². The molecule has 0 spiro atoms. The molecule has 0 aromatic heterocycles. The standard InChI is InChI=1S/C22H31NO5/c1-3-28-21(25)22(16-17-4-6-19(26-2)7-5-17)10-12-23(13-11-22)20(24)18-8-14-27-15-9-18/h4-7,18H,3,8-16H2,1-2H3. The SMILES string of the molecule is CCOC(=O)C1(Cc2ccc(OC)cc2)CCN(C(=O)C2CCOCC2)CC1. The van der Waals surface area contributed by atoms with Gasteiger partial charge in [0.25, 0.3) is 0 Å². The van der Waals surface area contributed by atoms with Crippen molar-refractivity contribution in [2.75, 3.05) is 40.0 Å². The highest BCUT2D eigenvalue weighted by Gasteiger charge is 2.44. The molecule has 28 heavy (non-hydrogen) atoms. The van der Waals surface area contributed by atoms with Gasteiger partial charge < -0.3 is 19.1 Å². The minimum atomic E-state index is -0.572. The second-order valence-electron chi connectivity index (χ2n) is 7.74. The number of benzene rings is 1. The van der Waals surface area contributed by atoms with E-state index < -0.39 is 5.41 Å². The van der Waals surface area contributed by atoms with Crippen LogP contribution in [0.4, 0.5) is 0 Å². The smallest absolute Gasteiger partial charge is 0.312 e. The second kappa shape index (κ2) is 9.41. The van der Waals surface area contributed by atoms with Gasteiger partial charge in [-0.05, 0) is 56.7 Å². The van der Waals surface area contributed by atoms with Gasteiger partial charge in [0, 0.05) is 32.2 Å². The van der Waals surface area contributed by atoms with Gasteiger partial charge in [0.1, 0.15) is 5.75 Å². The van der Waals surface area contributed by atoms with Crippen LogP contribution < -0.4 is 4.74 Å². The molecule has 2 fully saturated rings. The lowest BCUT2D eigenvalue weighted by molar-refractivity contribution is -0.161. The van der Waals surface area contributed by atoms with E-state index in [4.69, 9.17) is 14.2 Å². The first-order valence-electron chi connectivity index (χ1n) is 10.2. The first-order valence-corrected chi connectivity index (χ1v) is 10.2. The van der Waals surface area contributed by atoms with Crippen LogP contribution in [0.3, 0.4) is 0 Å². The molecular formula is C22H31NO5. The van der Waals surface area contributed by atoms with Crippen molar-refractivity contribution in [2.45, 2.75) is 39.0 Å². The summed E-state index contributed by atoms with van der Waals surface area (Å²) in [6.07, 6.45) is 3.48. The van der Waals surface area contributed by atoms with Crippen molar-refractivity contribution >= 4 is 11.9 Å². The molecule has 2 heterocycles. The van der Waals surface area contributed by atoms with E-state index in [9.17, 15) is 9.59 Å². The molecular weight excluding hydrogens is 358 g/mol. The van der Waals surface area contributed by atoms with Gasteiger partial charge in [-0.15, -0.1) is 0 Å². The van der Waals surface area contributed by atoms with Crippen LogP contribution in [0.2, 0.25) is 0 Å². The zero-order valence-corrected chi connectivity index (χ0v) is 16.9.